The molecule has 0 spiro atoms. The molecule has 0 saturated heterocycles. The summed E-state index contributed by atoms with van der Waals surface area (Å²) >= 11 is 0. The van der Waals surface area contributed by atoms with Crippen molar-refractivity contribution >= 4 is 17.6 Å². The monoisotopic (exact) mass is 339 g/mol. The summed E-state index contributed by atoms with van der Waals surface area (Å²) in [4.78, 5) is 22.3. The Balaban J connectivity index is 2.79. The fraction of sp³-hybridized carbons (Fsp3) is 0.333. The number of nitrogens with one attached hydrogen (secondary N) is 3. The van der Waals surface area contributed by atoms with Gasteiger partial charge in [-0.05, 0) is 12.1 Å². The number of hydrogen-bond donors (Lipinski definition) is 3. The molecule has 0 aliphatic heterocycles. The quantitative estimate of drug-likeness (QED) is 0.659. The van der Waals surface area contributed by atoms with Crippen molar-refractivity contribution in [2.75, 3.05) is 18.9 Å². The number of carbonyl (C=O) groups is 2. The predicted octanol–water partition coefficient (Wildman–Crippen LogP) is 1.76. The summed E-state index contributed by atoms with van der Waals surface area (Å²) in [5, 5.41) is 6.52. The van der Waals surface area contributed by atoms with E-state index in [1.165, 1.54) is 7.05 Å². The largest absolute Gasteiger partial charge is 0.435 e. The van der Waals surface area contributed by atoms with Gasteiger partial charge in [-0.15, -0.1) is 0 Å². The third-order valence-corrected chi connectivity index (χ3v) is 2.31. The summed E-state index contributed by atoms with van der Waals surface area (Å²) < 4.78 is 57.1. The Morgan fingerprint density at radius 3 is 2.35 bits per heavy atom. The van der Waals surface area contributed by atoms with E-state index in [0.29, 0.717) is 0 Å². The lowest BCUT2D eigenvalue weighted by Gasteiger charge is -2.14. The maximum atomic E-state index is 12.3. The second-order valence-corrected chi connectivity index (χ2v) is 3.90. The van der Waals surface area contributed by atoms with Crippen LogP contribution >= 0.6 is 0 Å². The van der Waals surface area contributed by atoms with E-state index >= 15 is 0 Å². The van der Waals surface area contributed by atoms with E-state index in [1.807, 2.05) is 5.32 Å². The van der Waals surface area contributed by atoms with Gasteiger partial charge in [0.2, 0.25) is 5.91 Å². The Labute approximate surface area is 127 Å². The second-order valence-electron chi connectivity index (χ2n) is 3.90. The molecular formula is C12H13F4N3O4. The molecule has 1 rings (SSSR count). The van der Waals surface area contributed by atoms with Crippen molar-refractivity contribution in [2.24, 2.45) is 0 Å². The van der Waals surface area contributed by atoms with E-state index in [9.17, 15) is 27.2 Å². The Bertz CT molecular complexity index is 557. The van der Waals surface area contributed by atoms with Gasteiger partial charge in [0.15, 0.2) is 5.75 Å². The summed E-state index contributed by atoms with van der Waals surface area (Å²) in [6.45, 7) is -6.79. The van der Waals surface area contributed by atoms with Crippen LogP contribution in [0.15, 0.2) is 18.2 Å². The fourth-order valence-electron chi connectivity index (χ4n) is 1.43. The molecule has 23 heavy (non-hydrogen) atoms. The van der Waals surface area contributed by atoms with E-state index in [2.05, 4.69) is 20.1 Å². The van der Waals surface area contributed by atoms with Crippen LogP contribution in [0.2, 0.25) is 0 Å². The lowest BCUT2D eigenvalue weighted by atomic mass is 10.2. The highest BCUT2D eigenvalue weighted by molar-refractivity contribution is 5.96. The van der Waals surface area contributed by atoms with E-state index in [1.54, 1.807) is 0 Å². The van der Waals surface area contributed by atoms with Crippen LogP contribution in [0.4, 0.5) is 28.0 Å². The van der Waals surface area contributed by atoms with E-state index < -0.39 is 43.2 Å². The van der Waals surface area contributed by atoms with Crippen molar-refractivity contribution in [1.82, 2.24) is 10.6 Å². The zero-order chi connectivity index (χ0) is 17.4. The van der Waals surface area contributed by atoms with Crippen LogP contribution < -0.4 is 25.4 Å². The first-order chi connectivity index (χ1) is 10.8. The van der Waals surface area contributed by atoms with Gasteiger partial charge in [-0.3, -0.25) is 10.1 Å². The van der Waals surface area contributed by atoms with Crippen LogP contribution in [-0.2, 0) is 4.79 Å². The van der Waals surface area contributed by atoms with E-state index in [-0.39, 0.29) is 5.69 Å². The number of halogens is 4. The molecule has 0 saturated carbocycles. The standard InChI is InChI=1S/C12H13F4N3O4/c1-17-12(21)19-9(20)5-18-7-3-2-6(22-10(13)14)4-8(7)23-11(15)16/h2-4,10-11,18H,5H2,1H3,(H2,17,19,20,21). The van der Waals surface area contributed by atoms with Crippen LogP contribution in [0.25, 0.3) is 0 Å². The van der Waals surface area contributed by atoms with Gasteiger partial charge >= 0.3 is 19.3 Å². The van der Waals surface area contributed by atoms with Crippen LogP contribution in [-0.4, -0.2) is 38.8 Å². The number of imide groups is 1. The van der Waals surface area contributed by atoms with Gasteiger partial charge in [-0.2, -0.15) is 17.6 Å². The zero-order valence-electron chi connectivity index (χ0n) is 11.7. The zero-order valence-corrected chi connectivity index (χ0v) is 11.7. The fourth-order valence-corrected chi connectivity index (χ4v) is 1.43. The highest BCUT2D eigenvalue weighted by Crippen LogP contribution is 2.31. The number of anilines is 1. The summed E-state index contributed by atoms with van der Waals surface area (Å²) in [6, 6.07) is 2.25. The number of amides is 3. The van der Waals surface area contributed by atoms with Crippen molar-refractivity contribution in [3.05, 3.63) is 18.2 Å². The summed E-state index contributed by atoms with van der Waals surface area (Å²) in [7, 11) is 1.30. The van der Waals surface area contributed by atoms with Gasteiger partial charge in [0.25, 0.3) is 0 Å². The van der Waals surface area contributed by atoms with Crippen molar-refractivity contribution in [3.8, 4) is 11.5 Å². The number of alkyl halides is 4. The van der Waals surface area contributed by atoms with Crippen molar-refractivity contribution in [1.29, 1.82) is 0 Å². The highest BCUT2D eigenvalue weighted by Gasteiger charge is 2.14. The van der Waals surface area contributed by atoms with Crippen LogP contribution in [0.3, 0.4) is 0 Å². The van der Waals surface area contributed by atoms with Crippen LogP contribution in [0, 0.1) is 0 Å². The number of benzene rings is 1. The van der Waals surface area contributed by atoms with Gasteiger partial charge < -0.3 is 20.1 Å². The predicted molar refractivity (Wildman–Crippen MR) is 70.8 cm³/mol. The molecule has 0 aliphatic carbocycles. The van der Waals surface area contributed by atoms with Crippen molar-refractivity contribution < 1.29 is 36.6 Å². The third kappa shape index (κ3) is 6.72. The van der Waals surface area contributed by atoms with Gasteiger partial charge in [0, 0.05) is 13.1 Å². The molecular weight excluding hydrogens is 326 g/mol. The van der Waals surface area contributed by atoms with Gasteiger partial charge in [0.05, 0.1) is 12.2 Å². The first kappa shape index (κ1) is 18.3. The molecule has 0 aromatic heterocycles. The maximum Gasteiger partial charge on any atom is 0.387 e. The lowest BCUT2D eigenvalue weighted by Crippen LogP contribution is -2.40. The molecule has 0 radical (unpaired) electrons. The van der Waals surface area contributed by atoms with Crippen LogP contribution in [0.1, 0.15) is 0 Å². The average molecular weight is 339 g/mol. The van der Waals surface area contributed by atoms with Crippen molar-refractivity contribution in [3.63, 3.8) is 0 Å². The summed E-state index contributed by atoms with van der Waals surface area (Å²) in [5.41, 5.74) is -0.0704. The SMILES string of the molecule is CNC(=O)NC(=O)CNc1ccc(OC(F)F)cc1OC(F)F. The molecule has 0 aliphatic rings. The molecule has 3 amide bonds. The first-order valence-corrected chi connectivity index (χ1v) is 6.11. The first-order valence-electron chi connectivity index (χ1n) is 6.11. The molecule has 1 aromatic rings. The highest BCUT2D eigenvalue weighted by atomic mass is 19.3. The minimum absolute atomic E-state index is 0.0704. The minimum atomic E-state index is -3.21. The number of rotatable bonds is 7. The smallest absolute Gasteiger partial charge is 0.387 e. The Morgan fingerprint density at radius 1 is 1.13 bits per heavy atom. The molecule has 0 atom stereocenters. The third-order valence-electron chi connectivity index (χ3n) is 2.31. The second kappa shape index (κ2) is 8.66. The maximum absolute atomic E-state index is 12.3. The molecule has 0 bridgehead atoms. The molecule has 1 aromatic carbocycles. The molecule has 0 heterocycles. The number of urea groups is 1. The van der Waals surface area contributed by atoms with Gasteiger partial charge in [-0.1, -0.05) is 0 Å². The molecule has 7 nitrogen and oxygen atoms in total. The van der Waals surface area contributed by atoms with Crippen molar-refractivity contribution in [2.45, 2.75) is 13.2 Å². The Kier molecular flexibility index (Phi) is 6.90. The number of hydrogen-bond acceptors (Lipinski definition) is 5. The topological polar surface area (TPSA) is 88.7 Å². The average Bonchev–Trinajstić information content (AvgIpc) is 2.45. The molecule has 3 N–H and O–H groups in total. The number of carbonyl (C=O) groups excluding carboxylic acids is 2. The van der Waals surface area contributed by atoms with Gasteiger partial charge in [0.1, 0.15) is 5.75 Å². The molecule has 128 valence electrons. The molecule has 11 heteroatoms. The van der Waals surface area contributed by atoms with E-state index in [4.69, 9.17) is 0 Å². The van der Waals surface area contributed by atoms with E-state index in [0.717, 1.165) is 18.2 Å². The van der Waals surface area contributed by atoms with Crippen LogP contribution in [0.5, 0.6) is 11.5 Å². The lowest BCUT2D eigenvalue weighted by molar-refractivity contribution is -0.118. The molecule has 0 unspecified atom stereocenters. The van der Waals surface area contributed by atoms with Gasteiger partial charge in [-0.25, -0.2) is 4.79 Å². The molecule has 0 fully saturated rings. The summed E-state index contributed by atoms with van der Waals surface area (Å²) in [6.07, 6.45) is 0. The summed E-state index contributed by atoms with van der Waals surface area (Å²) in [5.74, 6) is -1.64. The number of ether oxygens (including phenoxy) is 2. The minimum Gasteiger partial charge on any atom is -0.435 e. The Morgan fingerprint density at radius 2 is 1.78 bits per heavy atom. The Hall–Kier alpha value is -2.72. The normalized spacial score (nSPS) is 10.4.